The molecule has 1 saturated heterocycles. The van der Waals surface area contributed by atoms with Crippen LogP contribution in [0.25, 0.3) is 0 Å². The number of ether oxygens (including phenoxy) is 1. The van der Waals surface area contributed by atoms with Crippen LogP contribution in [0.5, 0.6) is 5.88 Å². The molecule has 0 aliphatic carbocycles. The van der Waals surface area contributed by atoms with Crippen molar-refractivity contribution in [2.24, 2.45) is 0 Å². The van der Waals surface area contributed by atoms with Gasteiger partial charge in [-0.15, -0.1) is 0 Å². The lowest BCUT2D eigenvalue weighted by atomic mass is 10.3. The van der Waals surface area contributed by atoms with E-state index in [1.54, 1.807) is 23.2 Å². The summed E-state index contributed by atoms with van der Waals surface area (Å²) in [6, 6.07) is 6.44. The number of aromatic amines is 2. The van der Waals surface area contributed by atoms with Gasteiger partial charge in [-0.1, -0.05) is 6.07 Å². The summed E-state index contributed by atoms with van der Waals surface area (Å²) in [5, 5.41) is 0. The maximum absolute atomic E-state index is 12.3. The maximum atomic E-state index is 12.3. The van der Waals surface area contributed by atoms with Gasteiger partial charge in [-0.25, -0.2) is 9.78 Å². The lowest BCUT2D eigenvalue weighted by molar-refractivity contribution is 0.0764. The lowest BCUT2D eigenvalue weighted by Gasteiger charge is -2.16. The summed E-state index contributed by atoms with van der Waals surface area (Å²) < 4.78 is 5.69. The highest BCUT2D eigenvalue weighted by atomic mass is 16.5. The van der Waals surface area contributed by atoms with Gasteiger partial charge in [0.15, 0.2) is 0 Å². The average molecular weight is 302 g/mol. The number of hydrogen-bond donors (Lipinski definition) is 2. The van der Waals surface area contributed by atoms with E-state index in [9.17, 15) is 14.4 Å². The highest BCUT2D eigenvalue weighted by Gasteiger charge is 2.29. The van der Waals surface area contributed by atoms with Crippen molar-refractivity contribution in [3.05, 3.63) is 57.0 Å². The smallest absolute Gasteiger partial charge is 0.326 e. The van der Waals surface area contributed by atoms with Crippen LogP contribution >= 0.6 is 0 Å². The van der Waals surface area contributed by atoms with Gasteiger partial charge in [0.25, 0.3) is 11.5 Å². The Morgan fingerprint density at radius 2 is 2.18 bits per heavy atom. The molecule has 2 aromatic rings. The molecule has 3 rings (SSSR count). The minimum atomic E-state index is -0.698. The maximum Gasteiger partial charge on any atom is 0.326 e. The first kappa shape index (κ1) is 14.1. The number of carbonyl (C=O) groups excluding carboxylic acids is 1. The molecule has 1 fully saturated rings. The zero-order valence-corrected chi connectivity index (χ0v) is 11.6. The van der Waals surface area contributed by atoms with Gasteiger partial charge in [-0.3, -0.25) is 14.6 Å². The van der Waals surface area contributed by atoms with Crippen molar-refractivity contribution >= 4 is 5.91 Å². The number of likely N-dealkylation sites (tertiary alicyclic amines) is 1. The molecule has 1 unspecified atom stereocenters. The van der Waals surface area contributed by atoms with Crippen LogP contribution in [-0.2, 0) is 0 Å². The first-order chi connectivity index (χ1) is 10.6. The van der Waals surface area contributed by atoms with E-state index >= 15 is 0 Å². The molecule has 22 heavy (non-hydrogen) atoms. The third-order valence-electron chi connectivity index (χ3n) is 3.35. The molecular weight excluding hydrogens is 288 g/mol. The van der Waals surface area contributed by atoms with Gasteiger partial charge < -0.3 is 14.6 Å². The van der Waals surface area contributed by atoms with Crippen LogP contribution in [0, 0.1) is 0 Å². The zero-order valence-electron chi connectivity index (χ0n) is 11.6. The molecule has 1 aliphatic heterocycles. The SMILES string of the molecule is O=C(c1cc(=O)[nH]c(=O)[nH]1)N1CCC(Oc2ccccn2)C1. The second kappa shape index (κ2) is 5.84. The van der Waals surface area contributed by atoms with Gasteiger partial charge in [-0.2, -0.15) is 0 Å². The minimum absolute atomic E-state index is 0.0211. The fraction of sp³-hybridized carbons (Fsp3) is 0.286. The summed E-state index contributed by atoms with van der Waals surface area (Å²) in [5.74, 6) is 0.113. The number of amides is 1. The molecule has 1 aliphatic rings. The van der Waals surface area contributed by atoms with Crippen LogP contribution < -0.4 is 16.0 Å². The highest BCUT2D eigenvalue weighted by Crippen LogP contribution is 2.17. The predicted molar refractivity (Wildman–Crippen MR) is 76.9 cm³/mol. The van der Waals surface area contributed by atoms with Crippen molar-refractivity contribution in [1.29, 1.82) is 0 Å². The Morgan fingerprint density at radius 1 is 1.32 bits per heavy atom. The van der Waals surface area contributed by atoms with Crippen LogP contribution in [0.1, 0.15) is 16.9 Å². The zero-order chi connectivity index (χ0) is 15.5. The molecular formula is C14H14N4O4. The Bertz CT molecular complexity index is 755. The van der Waals surface area contributed by atoms with Gasteiger partial charge in [0, 0.05) is 31.3 Å². The number of nitrogens with zero attached hydrogens (tertiary/aromatic N) is 2. The quantitative estimate of drug-likeness (QED) is 0.813. The van der Waals surface area contributed by atoms with E-state index in [4.69, 9.17) is 4.74 Å². The van der Waals surface area contributed by atoms with E-state index < -0.39 is 17.2 Å². The fourth-order valence-electron chi connectivity index (χ4n) is 2.35. The standard InChI is InChI=1S/C14H14N4O4/c19-11-7-10(16-14(21)17-11)13(20)18-6-4-9(8-18)22-12-3-1-2-5-15-12/h1-3,5,7,9H,4,6,8H2,(H2,16,17,19,21). The van der Waals surface area contributed by atoms with Crippen molar-refractivity contribution in [3.8, 4) is 5.88 Å². The normalized spacial score (nSPS) is 17.5. The number of aromatic nitrogens is 3. The van der Waals surface area contributed by atoms with Crippen LogP contribution in [0.3, 0.4) is 0 Å². The summed E-state index contributed by atoms with van der Waals surface area (Å²) in [6.45, 7) is 0.870. The molecule has 0 bridgehead atoms. The first-order valence-corrected chi connectivity index (χ1v) is 6.82. The van der Waals surface area contributed by atoms with E-state index in [0.717, 1.165) is 6.07 Å². The highest BCUT2D eigenvalue weighted by molar-refractivity contribution is 5.92. The Hall–Kier alpha value is -2.90. The van der Waals surface area contributed by atoms with Gasteiger partial charge in [0.1, 0.15) is 11.8 Å². The Kier molecular flexibility index (Phi) is 3.73. The third-order valence-corrected chi connectivity index (χ3v) is 3.35. The Morgan fingerprint density at radius 3 is 2.91 bits per heavy atom. The summed E-state index contributed by atoms with van der Waals surface area (Å²) in [5.41, 5.74) is -1.32. The number of pyridine rings is 1. The molecule has 0 saturated carbocycles. The van der Waals surface area contributed by atoms with E-state index in [1.165, 1.54) is 0 Å². The molecule has 2 aromatic heterocycles. The van der Waals surface area contributed by atoms with Crippen molar-refractivity contribution < 1.29 is 9.53 Å². The minimum Gasteiger partial charge on any atom is -0.472 e. The molecule has 0 radical (unpaired) electrons. The fourth-order valence-corrected chi connectivity index (χ4v) is 2.35. The van der Waals surface area contributed by atoms with Crippen molar-refractivity contribution in [1.82, 2.24) is 19.9 Å². The summed E-state index contributed by atoms with van der Waals surface area (Å²) in [7, 11) is 0. The predicted octanol–water partition coefficient (Wildman–Crippen LogP) is -0.248. The van der Waals surface area contributed by atoms with E-state index in [2.05, 4.69) is 9.97 Å². The molecule has 0 spiro atoms. The molecule has 1 amide bonds. The number of H-pyrrole nitrogens is 2. The molecule has 8 nitrogen and oxygen atoms in total. The van der Waals surface area contributed by atoms with Crippen molar-refractivity contribution in [3.63, 3.8) is 0 Å². The van der Waals surface area contributed by atoms with E-state index in [1.807, 2.05) is 11.1 Å². The molecule has 1 atom stereocenters. The van der Waals surface area contributed by atoms with Gasteiger partial charge >= 0.3 is 5.69 Å². The average Bonchev–Trinajstić information content (AvgIpc) is 2.95. The molecule has 8 heteroatoms. The number of hydrogen-bond acceptors (Lipinski definition) is 5. The third kappa shape index (κ3) is 3.05. The Labute approximate surface area is 124 Å². The molecule has 0 aromatic carbocycles. The van der Waals surface area contributed by atoms with Crippen LogP contribution in [0.15, 0.2) is 40.1 Å². The summed E-state index contributed by atoms with van der Waals surface area (Å²) >= 11 is 0. The number of rotatable bonds is 3. The van der Waals surface area contributed by atoms with Gasteiger partial charge in [0.05, 0.1) is 6.54 Å². The first-order valence-electron chi connectivity index (χ1n) is 6.82. The summed E-state index contributed by atoms with van der Waals surface area (Å²) in [6.07, 6.45) is 2.14. The summed E-state index contributed by atoms with van der Waals surface area (Å²) in [4.78, 5) is 44.7. The van der Waals surface area contributed by atoms with Gasteiger partial charge in [0.2, 0.25) is 5.88 Å². The topological polar surface area (TPSA) is 108 Å². The number of nitrogens with one attached hydrogen (secondary N) is 2. The second-order valence-corrected chi connectivity index (χ2v) is 4.95. The number of carbonyl (C=O) groups is 1. The Balaban J connectivity index is 1.68. The molecule has 114 valence electrons. The lowest BCUT2D eigenvalue weighted by Crippen LogP contribution is -2.34. The molecule has 3 heterocycles. The van der Waals surface area contributed by atoms with Crippen molar-refractivity contribution in [2.45, 2.75) is 12.5 Å². The van der Waals surface area contributed by atoms with Crippen LogP contribution in [0.4, 0.5) is 0 Å². The van der Waals surface area contributed by atoms with Crippen molar-refractivity contribution in [2.75, 3.05) is 13.1 Å². The van der Waals surface area contributed by atoms with E-state index in [0.29, 0.717) is 25.4 Å². The van der Waals surface area contributed by atoms with E-state index in [-0.39, 0.29) is 11.8 Å². The van der Waals surface area contributed by atoms with Gasteiger partial charge in [-0.05, 0) is 6.07 Å². The second-order valence-electron chi connectivity index (χ2n) is 4.95. The van der Waals surface area contributed by atoms with Crippen LogP contribution in [0.2, 0.25) is 0 Å². The van der Waals surface area contributed by atoms with Crippen LogP contribution in [-0.4, -0.2) is 45.0 Å². The molecule has 2 N–H and O–H groups in total. The largest absolute Gasteiger partial charge is 0.472 e. The monoisotopic (exact) mass is 302 g/mol.